The minimum absolute atomic E-state index is 0.0999. The molecule has 0 aliphatic rings. The molecule has 0 unspecified atom stereocenters. The molecule has 0 spiro atoms. The number of nitrogens with one attached hydrogen (secondary N) is 2. The second-order valence-corrected chi connectivity index (χ2v) is 5.16. The number of amides is 1. The lowest BCUT2D eigenvalue weighted by molar-refractivity contribution is -0.115. The monoisotopic (exact) mass is 302 g/mol. The van der Waals surface area contributed by atoms with Crippen LogP contribution in [0.15, 0.2) is 48.5 Å². The molecule has 110 valence electrons. The zero-order valence-corrected chi connectivity index (χ0v) is 12.8. The van der Waals surface area contributed by atoms with Crippen LogP contribution in [0.4, 0.5) is 5.69 Å². The summed E-state index contributed by atoms with van der Waals surface area (Å²) in [5.74, 6) is -0.0999. The van der Waals surface area contributed by atoms with Crippen LogP contribution in [-0.4, -0.2) is 12.5 Å². The van der Waals surface area contributed by atoms with Gasteiger partial charge in [-0.25, -0.2) is 0 Å². The van der Waals surface area contributed by atoms with Crippen molar-refractivity contribution in [3.8, 4) is 0 Å². The van der Waals surface area contributed by atoms with E-state index >= 15 is 0 Å². The minimum Gasteiger partial charge on any atom is -0.324 e. The highest BCUT2D eigenvalue weighted by atomic mass is 35.5. The van der Waals surface area contributed by atoms with E-state index in [1.165, 1.54) is 11.1 Å². The van der Waals surface area contributed by atoms with E-state index in [0.29, 0.717) is 17.3 Å². The average Bonchev–Trinajstić information content (AvgIpc) is 2.50. The summed E-state index contributed by atoms with van der Waals surface area (Å²) >= 11 is 6.00. The van der Waals surface area contributed by atoms with E-state index in [0.717, 1.165) is 6.42 Å². The largest absolute Gasteiger partial charge is 0.324 e. The van der Waals surface area contributed by atoms with Crippen LogP contribution in [0.25, 0.3) is 0 Å². The molecule has 0 atom stereocenters. The van der Waals surface area contributed by atoms with Gasteiger partial charge in [-0.1, -0.05) is 54.9 Å². The molecule has 0 bridgehead atoms. The molecule has 2 N–H and O–H groups in total. The maximum absolute atomic E-state index is 11.9. The first kappa shape index (κ1) is 15.5. The number of rotatable bonds is 6. The maximum atomic E-state index is 11.9. The van der Waals surface area contributed by atoms with E-state index in [2.05, 4.69) is 29.7 Å². The van der Waals surface area contributed by atoms with Crippen molar-refractivity contribution in [1.82, 2.24) is 5.32 Å². The predicted octanol–water partition coefficient (Wildman–Crippen LogP) is 3.63. The summed E-state index contributed by atoms with van der Waals surface area (Å²) in [7, 11) is 0. The van der Waals surface area contributed by atoms with Crippen molar-refractivity contribution in [3.63, 3.8) is 0 Å². The van der Waals surface area contributed by atoms with Crippen molar-refractivity contribution in [1.29, 1.82) is 0 Å². The molecule has 0 aliphatic carbocycles. The minimum atomic E-state index is -0.0999. The third-order valence-electron chi connectivity index (χ3n) is 3.25. The third-order valence-corrected chi connectivity index (χ3v) is 3.58. The van der Waals surface area contributed by atoms with Gasteiger partial charge < -0.3 is 10.6 Å². The first-order valence-electron chi connectivity index (χ1n) is 7.02. The third kappa shape index (κ3) is 4.59. The molecule has 4 heteroatoms. The highest BCUT2D eigenvalue weighted by Crippen LogP contribution is 2.20. The van der Waals surface area contributed by atoms with Crippen LogP contribution in [0.1, 0.15) is 18.1 Å². The van der Waals surface area contributed by atoms with Crippen LogP contribution < -0.4 is 10.6 Å². The van der Waals surface area contributed by atoms with Crippen LogP contribution in [0.5, 0.6) is 0 Å². The number of carbonyl (C=O) groups is 1. The summed E-state index contributed by atoms with van der Waals surface area (Å²) in [6.07, 6.45) is 0.990. The molecule has 0 saturated heterocycles. The van der Waals surface area contributed by atoms with Crippen molar-refractivity contribution in [2.45, 2.75) is 19.9 Å². The molecular weight excluding hydrogens is 284 g/mol. The molecule has 0 aliphatic heterocycles. The summed E-state index contributed by atoms with van der Waals surface area (Å²) in [5.41, 5.74) is 3.17. The van der Waals surface area contributed by atoms with Crippen molar-refractivity contribution in [3.05, 3.63) is 64.7 Å². The fourth-order valence-corrected chi connectivity index (χ4v) is 2.33. The summed E-state index contributed by atoms with van der Waals surface area (Å²) in [6, 6.07) is 15.4. The second kappa shape index (κ2) is 7.81. The van der Waals surface area contributed by atoms with Gasteiger partial charge in [0, 0.05) is 6.54 Å². The first-order valence-corrected chi connectivity index (χ1v) is 7.40. The van der Waals surface area contributed by atoms with Gasteiger partial charge in [0.25, 0.3) is 0 Å². The zero-order valence-electron chi connectivity index (χ0n) is 12.0. The van der Waals surface area contributed by atoms with E-state index in [-0.39, 0.29) is 12.5 Å². The molecule has 2 aromatic rings. The smallest absolute Gasteiger partial charge is 0.238 e. The van der Waals surface area contributed by atoms with Gasteiger partial charge in [-0.05, 0) is 29.7 Å². The van der Waals surface area contributed by atoms with E-state index in [1.807, 2.05) is 24.3 Å². The lowest BCUT2D eigenvalue weighted by atomic mass is 10.1. The number of para-hydroxylation sites is 1. The molecule has 21 heavy (non-hydrogen) atoms. The predicted molar refractivity (Wildman–Crippen MR) is 87.6 cm³/mol. The summed E-state index contributed by atoms with van der Waals surface area (Å²) in [4.78, 5) is 11.9. The van der Waals surface area contributed by atoms with Crippen molar-refractivity contribution >= 4 is 23.2 Å². The fraction of sp³-hybridized carbons (Fsp3) is 0.235. The van der Waals surface area contributed by atoms with Crippen LogP contribution in [0.2, 0.25) is 5.02 Å². The Morgan fingerprint density at radius 3 is 2.43 bits per heavy atom. The number of anilines is 1. The fourth-order valence-electron chi connectivity index (χ4n) is 2.14. The van der Waals surface area contributed by atoms with Gasteiger partial charge >= 0.3 is 0 Å². The van der Waals surface area contributed by atoms with E-state index in [1.54, 1.807) is 12.1 Å². The molecule has 1 amide bonds. The molecule has 0 radical (unpaired) electrons. The Kier molecular flexibility index (Phi) is 5.78. The van der Waals surface area contributed by atoms with Crippen LogP contribution >= 0.6 is 11.6 Å². The Morgan fingerprint density at radius 1 is 1.05 bits per heavy atom. The molecule has 0 heterocycles. The van der Waals surface area contributed by atoms with Crippen molar-refractivity contribution < 1.29 is 4.79 Å². The van der Waals surface area contributed by atoms with E-state index < -0.39 is 0 Å². The van der Waals surface area contributed by atoms with Gasteiger partial charge in [-0.2, -0.15) is 0 Å². The molecule has 0 saturated carbocycles. The van der Waals surface area contributed by atoms with Gasteiger partial charge in [-0.3, -0.25) is 4.79 Å². The standard InChI is InChI=1S/C17H19ClN2O/c1-2-13-7-3-4-8-14(13)11-19-12-17(21)20-16-10-6-5-9-15(16)18/h3-10,19H,2,11-12H2,1H3,(H,20,21). The average molecular weight is 303 g/mol. The van der Waals surface area contributed by atoms with E-state index in [9.17, 15) is 4.79 Å². The number of halogens is 1. The molecular formula is C17H19ClN2O. The van der Waals surface area contributed by atoms with Gasteiger partial charge in [0.15, 0.2) is 0 Å². The summed E-state index contributed by atoms with van der Waals surface area (Å²) in [6.45, 7) is 3.06. The molecule has 0 aromatic heterocycles. The lowest BCUT2D eigenvalue weighted by Gasteiger charge is -2.10. The first-order chi connectivity index (χ1) is 10.2. The maximum Gasteiger partial charge on any atom is 0.238 e. The number of hydrogen-bond acceptors (Lipinski definition) is 2. The van der Waals surface area contributed by atoms with Crippen molar-refractivity contribution in [2.24, 2.45) is 0 Å². The Bertz CT molecular complexity index is 613. The molecule has 0 fully saturated rings. The number of hydrogen-bond donors (Lipinski definition) is 2. The Balaban J connectivity index is 1.83. The number of aryl methyl sites for hydroxylation is 1. The number of carbonyl (C=O) groups excluding carboxylic acids is 1. The topological polar surface area (TPSA) is 41.1 Å². The van der Waals surface area contributed by atoms with Gasteiger partial charge in [0.2, 0.25) is 5.91 Å². The van der Waals surface area contributed by atoms with Gasteiger partial charge in [-0.15, -0.1) is 0 Å². The highest BCUT2D eigenvalue weighted by Gasteiger charge is 2.05. The molecule has 2 aromatic carbocycles. The van der Waals surface area contributed by atoms with Crippen molar-refractivity contribution in [2.75, 3.05) is 11.9 Å². The quantitative estimate of drug-likeness (QED) is 0.855. The summed E-state index contributed by atoms with van der Waals surface area (Å²) < 4.78 is 0. The lowest BCUT2D eigenvalue weighted by Crippen LogP contribution is -2.28. The molecule has 2 rings (SSSR count). The highest BCUT2D eigenvalue weighted by molar-refractivity contribution is 6.33. The Morgan fingerprint density at radius 2 is 1.71 bits per heavy atom. The van der Waals surface area contributed by atoms with Crippen LogP contribution in [0, 0.1) is 0 Å². The van der Waals surface area contributed by atoms with Gasteiger partial charge in [0.05, 0.1) is 17.3 Å². The van der Waals surface area contributed by atoms with E-state index in [4.69, 9.17) is 11.6 Å². The van der Waals surface area contributed by atoms with Crippen LogP contribution in [-0.2, 0) is 17.8 Å². The van der Waals surface area contributed by atoms with Gasteiger partial charge in [0.1, 0.15) is 0 Å². The SMILES string of the molecule is CCc1ccccc1CNCC(=O)Nc1ccccc1Cl. The Hall–Kier alpha value is -1.84. The normalized spacial score (nSPS) is 10.4. The Labute approximate surface area is 130 Å². The van der Waals surface area contributed by atoms with Crippen LogP contribution in [0.3, 0.4) is 0 Å². The second-order valence-electron chi connectivity index (χ2n) is 4.75. The zero-order chi connectivity index (χ0) is 15.1. The number of benzene rings is 2. The summed E-state index contributed by atoms with van der Waals surface area (Å²) in [5, 5.41) is 6.50. The molecule has 3 nitrogen and oxygen atoms in total.